The van der Waals surface area contributed by atoms with Crippen LogP contribution in [0.15, 0.2) is 60.7 Å². The van der Waals surface area contributed by atoms with E-state index in [4.69, 9.17) is 14.2 Å². The van der Waals surface area contributed by atoms with Crippen LogP contribution in [0.3, 0.4) is 0 Å². The summed E-state index contributed by atoms with van der Waals surface area (Å²) in [5, 5.41) is 2.35. The lowest BCUT2D eigenvalue weighted by molar-refractivity contribution is -0.147. The molecule has 11 nitrogen and oxygen atoms in total. The van der Waals surface area contributed by atoms with Gasteiger partial charge in [0.2, 0.25) is 10.0 Å². The molecule has 2 rings (SSSR count). The number of sulfonamides is 1. The summed E-state index contributed by atoms with van der Waals surface area (Å²) in [6.07, 6.45) is -2.26. The first kappa shape index (κ1) is 28.6. The van der Waals surface area contributed by atoms with Crippen molar-refractivity contribution in [3.63, 3.8) is 0 Å². The van der Waals surface area contributed by atoms with E-state index in [-0.39, 0.29) is 19.6 Å². The molecule has 36 heavy (non-hydrogen) atoms. The van der Waals surface area contributed by atoms with Gasteiger partial charge in [0.1, 0.15) is 24.9 Å². The maximum absolute atomic E-state index is 12.7. The molecule has 196 valence electrons. The van der Waals surface area contributed by atoms with Gasteiger partial charge in [0.15, 0.2) is 0 Å². The fraction of sp³-hybridized carbons (Fsp3) is 0.375. The van der Waals surface area contributed by atoms with Crippen LogP contribution in [0.4, 0.5) is 9.59 Å². The van der Waals surface area contributed by atoms with Gasteiger partial charge >= 0.3 is 18.2 Å². The van der Waals surface area contributed by atoms with Crippen molar-refractivity contribution in [1.82, 2.24) is 15.6 Å². The number of hydrogen-bond donors (Lipinski definition) is 3. The molecular formula is C24H31N3O8S. The molecule has 0 aliphatic carbocycles. The number of alkyl carbamates (subject to hydrolysis) is 1. The first-order valence-electron chi connectivity index (χ1n) is 11.1. The molecule has 12 heteroatoms. The Bertz CT molecular complexity index is 1100. The molecule has 0 bridgehead atoms. The van der Waals surface area contributed by atoms with Gasteiger partial charge < -0.3 is 19.5 Å². The summed E-state index contributed by atoms with van der Waals surface area (Å²) < 4.78 is 40.0. The Labute approximate surface area is 210 Å². The van der Waals surface area contributed by atoms with Crippen molar-refractivity contribution in [3.8, 4) is 0 Å². The Morgan fingerprint density at radius 3 is 1.89 bits per heavy atom. The van der Waals surface area contributed by atoms with E-state index < -0.39 is 45.6 Å². The number of benzene rings is 2. The summed E-state index contributed by atoms with van der Waals surface area (Å²) in [4.78, 5) is 38.5. The van der Waals surface area contributed by atoms with Crippen molar-refractivity contribution in [1.29, 1.82) is 0 Å². The van der Waals surface area contributed by atoms with E-state index in [9.17, 15) is 22.8 Å². The van der Waals surface area contributed by atoms with E-state index in [0.29, 0.717) is 5.56 Å². The number of rotatable bonds is 11. The predicted molar refractivity (Wildman–Crippen MR) is 131 cm³/mol. The number of ether oxygens (including phenoxy) is 3. The number of nitrogens with one attached hydrogen (secondary N) is 3. The first-order valence-corrected chi connectivity index (χ1v) is 12.7. The molecule has 2 amide bonds. The van der Waals surface area contributed by atoms with Gasteiger partial charge in [-0.05, 0) is 38.3 Å². The van der Waals surface area contributed by atoms with Gasteiger partial charge in [-0.3, -0.25) is 0 Å². The fourth-order valence-corrected chi connectivity index (χ4v) is 3.62. The number of amides is 2. The lowest BCUT2D eigenvalue weighted by atomic mass is 10.2. The quantitative estimate of drug-likeness (QED) is 0.232. The van der Waals surface area contributed by atoms with Crippen molar-refractivity contribution in [3.05, 3.63) is 71.8 Å². The van der Waals surface area contributed by atoms with Crippen LogP contribution in [-0.2, 0) is 42.2 Å². The van der Waals surface area contributed by atoms with Gasteiger partial charge in [-0.25, -0.2) is 28.2 Å². The second-order valence-electron chi connectivity index (χ2n) is 8.69. The minimum Gasteiger partial charge on any atom is -0.459 e. The standard InChI is InChI=1S/C24H31N3O8S/c1-24(2,3)35-23(30)26-27-36(31,32)15-14-20(21(28)33-16-18-10-6-4-7-11-18)25-22(29)34-17-19-12-8-5-9-13-19/h4-13,20,27H,14-17H2,1-3H3,(H,25,29)(H,26,30). The topological polar surface area (TPSA) is 149 Å². The number of carbonyl (C=O) groups is 3. The SMILES string of the molecule is CC(C)(C)OC(=O)NNS(=O)(=O)CCC(NC(=O)OCc1ccccc1)C(=O)OCc1ccccc1. The molecule has 1 atom stereocenters. The predicted octanol–water partition coefficient (Wildman–Crippen LogP) is 2.77. The van der Waals surface area contributed by atoms with Crippen molar-refractivity contribution >= 4 is 28.2 Å². The van der Waals surface area contributed by atoms with E-state index in [1.54, 1.807) is 69.3 Å². The molecule has 0 radical (unpaired) electrons. The van der Waals surface area contributed by atoms with Crippen LogP contribution in [0.5, 0.6) is 0 Å². The van der Waals surface area contributed by atoms with Gasteiger partial charge in [0, 0.05) is 0 Å². The molecule has 0 spiro atoms. The van der Waals surface area contributed by atoms with Crippen LogP contribution >= 0.6 is 0 Å². The molecular weight excluding hydrogens is 490 g/mol. The fourth-order valence-electron chi connectivity index (χ4n) is 2.73. The number of hydrogen-bond acceptors (Lipinski definition) is 8. The Morgan fingerprint density at radius 2 is 1.36 bits per heavy atom. The average Bonchev–Trinajstić information content (AvgIpc) is 2.83. The minimum absolute atomic E-state index is 0.0435. The number of hydrazine groups is 1. The van der Waals surface area contributed by atoms with E-state index in [0.717, 1.165) is 5.56 Å². The van der Waals surface area contributed by atoms with Crippen LogP contribution in [0.2, 0.25) is 0 Å². The minimum atomic E-state index is -4.08. The van der Waals surface area contributed by atoms with Crippen molar-refractivity contribution in [2.45, 2.75) is 52.0 Å². The highest BCUT2D eigenvalue weighted by Gasteiger charge is 2.26. The Kier molecular flexibility index (Phi) is 10.7. The molecule has 0 aliphatic heterocycles. The van der Waals surface area contributed by atoms with Gasteiger partial charge in [-0.2, -0.15) is 0 Å². The van der Waals surface area contributed by atoms with Crippen molar-refractivity contribution < 1.29 is 37.0 Å². The Hall–Kier alpha value is -3.64. The molecule has 0 aromatic heterocycles. The summed E-state index contributed by atoms with van der Waals surface area (Å²) in [5.74, 6) is -1.46. The molecule has 3 N–H and O–H groups in total. The second kappa shape index (κ2) is 13.4. The lowest BCUT2D eigenvalue weighted by Gasteiger charge is -2.20. The van der Waals surface area contributed by atoms with Crippen LogP contribution in [0.25, 0.3) is 0 Å². The largest absolute Gasteiger partial charge is 0.459 e. The van der Waals surface area contributed by atoms with Crippen LogP contribution in [-0.4, -0.2) is 44.0 Å². The maximum atomic E-state index is 12.7. The second-order valence-corrected chi connectivity index (χ2v) is 10.5. The summed E-state index contributed by atoms with van der Waals surface area (Å²) in [6.45, 7) is 4.75. The number of esters is 1. The van der Waals surface area contributed by atoms with Gasteiger partial charge in [-0.1, -0.05) is 60.7 Å². The smallest absolute Gasteiger partial charge is 0.422 e. The molecule has 0 aliphatic rings. The van der Waals surface area contributed by atoms with Gasteiger partial charge in [-0.15, -0.1) is 4.83 Å². The highest BCUT2D eigenvalue weighted by Crippen LogP contribution is 2.08. The van der Waals surface area contributed by atoms with E-state index >= 15 is 0 Å². The lowest BCUT2D eigenvalue weighted by Crippen LogP contribution is -2.47. The third kappa shape index (κ3) is 11.7. The van der Waals surface area contributed by atoms with E-state index in [1.807, 2.05) is 22.4 Å². The monoisotopic (exact) mass is 521 g/mol. The number of carbonyl (C=O) groups excluding carboxylic acids is 3. The average molecular weight is 522 g/mol. The summed E-state index contributed by atoms with van der Waals surface area (Å²) >= 11 is 0. The summed E-state index contributed by atoms with van der Waals surface area (Å²) in [6, 6.07) is 16.4. The molecule has 2 aromatic rings. The third-order valence-corrected chi connectivity index (χ3v) is 5.58. The molecule has 2 aromatic carbocycles. The van der Waals surface area contributed by atoms with Crippen molar-refractivity contribution in [2.75, 3.05) is 5.75 Å². The van der Waals surface area contributed by atoms with Crippen molar-refractivity contribution in [2.24, 2.45) is 0 Å². The highest BCUT2D eigenvalue weighted by molar-refractivity contribution is 7.89. The molecule has 0 saturated carbocycles. The third-order valence-electron chi connectivity index (χ3n) is 4.40. The van der Waals surface area contributed by atoms with Gasteiger partial charge in [0.25, 0.3) is 0 Å². The molecule has 0 fully saturated rings. The van der Waals surface area contributed by atoms with Gasteiger partial charge in [0.05, 0.1) is 5.75 Å². The zero-order chi connectivity index (χ0) is 26.6. The summed E-state index contributed by atoms with van der Waals surface area (Å²) in [7, 11) is -4.08. The molecule has 0 saturated heterocycles. The normalized spacial score (nSPS) is 12.2. The first-order chi connectivity index (χ1) is 16.9. The van der Waals surface area contributed by atoms with Crippen LogP contribution in [0.1, 0.15) is 38.3 Å². The van der Waals surface area contributed by atoms with E-state index in [2.05, 4.69) is 5.32 Å². The highest BCUT2D eigenvalue weighted by atomic mass is 32.2. The van der Waals surface area contributed by atoms with Crippen LogP contribution < -0.4 is 15.6 Å². The maximum Gasteiger partial charge on any atom is 0.422 e. The molecule has 0 heterocycles. The zero-order valence-corrected chi connectivity index (χ0v) is 21.2. The Balaban J connectivity index is 1.96. The zero-order valence-electron chi connectivity index (χ0n) is 20.4. The summed E-state index contributed by atoms with van der Waals surface area (Å²) in [5.41, 5.74) is 2.55. The van der Waals surface area contributed by atoms with Crippen LogP contribution in [0, 0.1) is 0 Å². The Morgan fingerprint density at radius 1 is 0.833 bits per heavy atom. The molecule has 1 unspecified atom stereocenters. The van der Waals surface area contributed by atoms with E-state index in [1.165, 1.54) is 0 Å².